The second-order valence-electron chi connectivity index (χ2n) is 4.44. The topological polar surface area (TPSA) is 136 Å². The highest BCUT2D eigenvalue weighted by molar-refractivity contribution is 5.83. The van der Waals surface area contributed by atoms with Crippen molar-refractivity contribution in [3.63, 3.8) is 0 Å². The van der Waals surface area contributed by atoms with Crippen molar-refractivity contribution in [1.29, 1.82) is 10.5 Å². The minimum Gasteiger partial charge on any atom is -0.507 e. The number of aromatic amines is 1. The summed E-state index contributed by atoms with van der Waals surface area (Å²) in [6, 6.07) is 5.63. The van der Waals surface area contributed by atoms with E-state index in [-0.39, 0.29) is 16.7 Å². The summed E-state index contributed by atoms with van der Waals surface area (Å²) in [6.45, 7) is 0. The number of benzene rings is 1. The first-order valence-corrected chi connectivity index (χ1v) is 6.13. The maximum atomic E-state index is 12.3. The van der Waals surface area contributed by atoms with Crippen molar-refractivity contribution in [1.82, 2.24) is 4.98 Å². The van der Waals surface area contributed by atoms with Gasteiger partial charge in [0.15, 0.2) is 0 Å². The largest absolute Gasteiger partial charge is 0.573 e. The molecule has 1 heterocycles. The fraction of sp³-hybridized carbons (Fsp3) is 0.0714. The molecule has 0 fully saturated rings. The molecule has 0 radical (unpaired) electrons. The van der Waals surface area contributed by atoms with Crippen molar-refractivity contribution in [2.75, 3.05) is 5.73 Å². The van der Waals surface area contributed by atoms with Crippen LogP contribution in [0.25, 0.3) is 11.1 Å². The minimum absolute atomic E-state index is 0.370. The Labute approximate surface area is 131 Å². The quantitative estimate of drug-likeness (QED) is 0.767. The molecule has 24 heavy (non-hydrogen) atoms. The van der Waals surface area contributed by atoms with E-state index in [0.717, 1.165) is 18.2 Å². The second-order valence-corrected chi connectivity index (χ2v) is 4.44. The van der Waals surface area contributed by atoms with E-state index in [9.17, 15) is 23.1 Å². The van der Waals surface area contributed by atoms with Gasteiger partial charge >= 0.3 is 6.36 Å². The summed E-state index contributed by atoms with van der Waals surface area (Å²) in [5, 5.41) is 28.2. The van der Waals surface area contributed by atoms with Gasteiger partial charge < -0.3 is 20.6 Å². The molecule has 7 nitrogen and oxygen atoms in total. The van der Waals surface area contributed by atoms with Gasteiger partial charge in [-0.15, -0.1) is 13.2 Å². The van der Waals surface area contributed by atoms with E-state index in [1.54, 1.807) is 6.07 Å². The van der Waals surface area contributed by atoms with Crippen LogP contribution in [0.15, 0.2) is 23.0 Å². The average molecular weight is 336 g/mol. The Morgan fingerprint density at radius 3 is 2.38 bits per heavy atom. The van der Waals surface area contributed by atoms with Crippen molar-refractivity contribution in [3.8, 4) is 34.8 Å². The molecule has 0 spiro atoms. The predicted octanol–water partition coefficient (Wildman–Crippen LogP) is 1.97. The van der Waals surface area contributed by atoms with E-state index in [4.69, 9.17) is 16.3 Å². The van der Waals surface area contributed by atoms with Crippen LogP contribution in [0.2, 0.25) is 0 Å². The normalized spacial score (nSPS) is 10.7. The Hall–Kier alpha value is -3.66. The maximum Gasteiger partial charge on any atom is 0.573 e. The van der Waals surface area contributed by atoms with Crippen molar-refractivity contribution >= 4 is 5.82 Å². The summed E-state index contributed by atoms with van der Waals surface area (Å²) in [7, 11) is 0. The molecule has 0 aliphatic heterocycles. The number of aromatic nitrogens is 1. The number of ether oxygens (including phenoxy) is 1. The van der Waals surface area contributed by atoms with Crippen LogP contribution in [0.3, 0.4) is 0 Å². The monoisotopic (exact) mass is 336 g/mol. The first kappa shape index (κ1) is 16.7. The molecule has 0 amide bonds. The van der Waals surface area contributed by atoms with E-state index >= 15 is 0 Å². The van der Waals surface area contributed by atoms with Gasteiger partial charge in [0, 0.05) is 11.1 Å². The molecule has 0 bridgehead atoms. The molecule has 0 unspecified atom stereocenters. The number of halogens is 3. The summed E-state index contributed by atoms with van der Waals surface area (Å²) in [5.41, 5.74) is 2.84. The van der Waals surface area contributed by atoms with Crippen LogP contribution in [0.1, 0.15) is 11.1 Å². The molecular weight excluding hydrogens is 329 g/mol. The molecular formula is C14H7F3N4O3. The number of nitrogens with two attached hydrogens (primary N) is 1. The van der Waals surface area contributed by atoms with Crippen LogP contribution in [-0.2, 0) is 0 Å². The molecule has 0 saturated carbocycles. The van der Waals surface area contributed by atoms with Crippen LogP contribution in [0.5, 0.6) is 11.5 Å². The van der Waals surface area contributed by atoms with Crippen LogP contribution in [-0.4, -0.2) is 16.5 Å². The van der Waals surface area contributed by atoms with Crippen LogP contribution in [0, 0.1) is 22.7 Å². The number of nitrogen functional groups attached to an aromatic ring is 1. The number of nitrogens with zero attached hydrogens (tertiary/aromatic N) is 2. The van der Waals surface area contributed by atoms with Gasteiger partial charge in [-0.3, -0.25) is 4.79 Å². The van der Waals surface area contributed by atoms with E-state index in [1.807, 2.05) is 0 Å². The molecule has 10 heteroatoms. The summed E-state index contributed by atoms with van der Waals surface area (Å²) in [5.74, 6) is -1.66. The Kier molecular flexibility index (Phi) is 4.07. The average Bonchev–Trinajstić information content (AvgIpc) is 2.47. The molecule has 0 saturated heterocycles. The van der Waals surface area contributed by atoms with Crippen molar-refractivity contribution in [2.45, 2.75) is 6.36 Å². The van der Waals surface area contributed by atoms with Gasteiger partial charge in [-0.05, 0) is 18.2 Å². The van der Waals surface area contributed by atoms with Gasteiger partial charge in [0.05, 0.1) is 0 Å². The minimum atomic E-state index is -4.99. The Morgan fingerprint density at radius 1 is 1.21 bits per heavy atom. The number of nitrogens with one attached hydrogen (secondary N) is 1. The summed E-state index contributed by atoms with van der Waals surface area (Å²) in [6.07, 6.45) is -4.99. The van der Waals surface area contributed by atoms with Gasteiger partial charge in [-0.2, -0.15) is 10.5 Å². The highest BCUT2D eigenvalue weighted by Crippen LogP contribution is 2.38. The highest BCUT2D eigenvalue weighted by atomic mass is 19.4. The third kappa shape index (κ3) is 3.08. The lowest BCUT2D eigenvalue weighted by Crippen LogP contribution is -2.18. The van der Waals surface area contributed by atoms with E-state index in [1.165, 1.54) is 6.07 Å². The van der Waals surface area contributed by atoms with Crippen LogP contribution >= 0.6 is 0 Å². The third-order valence-corrected chi connectivity index (χ3v) is 2.94. The number of aromatic hydroxyl groups is 1. The zero-order valence-corrected chi connectivity index (χ0v) is 11.6. The van der Waals surface area contributed by atoms with Gasteiger partial charge in [-0.25, -0.2) is 0 Å². The third-order valence-electron chi connectivity index (χ3n) is 2.94. The molecule has 2 aromatic rings. The zero-order chi connectivity index (χ0) is 18.1. The molecule has 2 rings (SSSR count). The fourth-order valence-corrected chi connectivity index (χ4v) is 2.03. The number of phenolic OH excluding ortho intramolecular Hbond substituents is 1. The van der Waals surface area contributed by atoms with Crippen molar-refractivity contribution in [3.05, 3.63) is 39.7 Å². The summed E-state index contributed by atoms with van der Waals surface area (Å²) in [4.78, 5) is 13.9. The number of H-pyrrole nitrogens is 1. The van der Waals surface area contributed by atoms with E-state index in [2.05, 4.69) is 9.72 Å². The van der Waals surface area contributed by atoms with Gasteiger partial charge in [0.25, 0.3) is 5.56 Å². The van der Waals surface area contributed by atoms with Crippen LogP contribution < -0.4 is 16.0 Å². The first-order chi connectivity index (χ1) is 11.2. The molecule has 1 aromatic carbocycles. The standard InChI is InChI=1S/C14H7F3N4O3/c15-14(16,17)24-6-1-2-10(22)7(3-6)11-8(4-18)12(20)21-13(23)9(11)5-19/h1-3,22H,(H3,20,21,23). The van der Waals surface area contributed by atoms with Gasteiger partial charge in [0.2, 0.25) is 0 Å². The molecule has 1 aromatic heterocycles. The summed E-state index contributed by atoms with van der Waals surface area (Å²) < 4.78 is 40.7. The molecule has 4 N–H and O–H groups in total. The molecule has 0 aliphatic carbocycles. The lowest BCUT2D eigenvalue weighted by molar-refractivity contribution is -0.274. The van der Waals surface area contributed by atoms with Crippen molar-refractivity contribution < 1.29 is 23.0 Å². The Balaban J connectivity index is 2.82. The fourth-order valence-electron chi connectivity index (χ4n) is 2.03. The van der Waals surface area contributed by atoms with E-state index < -0.39 is 34.8 Å². The van der Waals surface area contributed by atoms with E-state index in [0.29, 0.717) is 0 Å². The number of alkyl halides is 3. The van der Waals surface area contributed by atoms with Crippen molar-refractivity contribution in [2.24, 2.45) is 0 Å². The molecule has 0 atom stereocenters. The Morgan fingerprint density at radius 2 is 1.83 bits per heavy atom. The first-order valence-electron chi connectivity index (χ1n) is 6.13. The number of nitriles is 2. The number of hydrogen-bond acceptors (Lipinski definition) is 6. The SMILES string of the molecule is N#Cc1c(N)[nH]c(=O)c(C#N)c1-c1cc(OC(F)(F)F)ccc1O. The smallest absolute Gasteiger partial charge is 0.507 e. The number of phenols is 1. The number of anilines is 1. The van der Waals surface area contributed by atoms with Gasteiger partial charge in [-0.1, -0.05) is 0 Å². The summed E-state index contributed by atoms with van der Waals surface area (Å²) >= 11 is 0. The van der Waals surface area contributed by atoms with Crippen LogP contribution in [0.4, 0.5) is 19.0 Å². The zero-order valence-electron chi connectivity index (χ0n) is 11.6. The Bertz CT molecular complexity index is 952. The predicted molar refractivity (Wildman–Crippen MR) is 74.7 cm³/mol. The lowest BCUT2D eigenvalue weighted by Gasteiger charge is -2.13. The number of hydrogen-bond donors (Lipinski definition) is 3. The van der Waals surface area contributed by atoms with Gasteiger partial charge in [0.1, 0.15) is 40.6 Å². The lowest BCUT2D eigenvalue weighted by atomic mass is 9.95. The number of pyridine rings is 1. The molecule has 122 valence electrons. The highest BCUT2D eigenvalue weighted by Gasteiger charge is 2.31. The molecule has 0 aliphatic rings. The maximum absolute atomic E-state index is 12.3. The number of rotatable bonds is 2. The second kappa shape index (κ2) is 5.85.